The molecule has 0 spiro atoms. The van der Waals surface area contributed by atoms with Gasteiger partial charge in [-0.2, -0.15) is 0 Å². The molecular weight excluding hydrogens is 201 g/mol. The zero-order valence-corrected chi connectivity index (χ0v) is 8.30. The molecule has 4 heteroatoms. The summed E-state index contributed by atoms with van der Waals surface area (Å²) in [7, 11) is 6.75. The van der Waals surface area contributed by atoms with Gasteiger partial charge in [0.2, 0.25) is 0 Å². The van der Waals surface area contributed by atoms with E-state index in [1.54, 1.807) is 0 Å². The molecule has 0 amide bonds. The van der Waals surface area contributed by atoms with Crippen LogP contribution in [0.15, 0.2) is 12.1 Å². The third kappa shape index (κ3) is 2.89. The van der Waals surface area contributed by atoms with Crippen molar-refractivity contribution in [2.45, 2.75) is 12.7 Å². The lowest BCUT2D eigenvalue weighted by molar-refractivity contribution is 1.17. The number of hydrogen-bond donors (Lipinski definition) is 0. The lowest BCUT2D eigenvalue weighted by Gasteiger charge is -1.99. The van der Waals surface area contributed by atoms with Crippen molar-refractivity contribution in [1.82, 2.24) is 4.98 Å². The zero-order valence-electron chi connectivity index (χ0n) is 5.97. The number of hydrogen-bond acceptors (Lipinski definition) is 2. The van der Waals surface area contributed by atoms with Crippen LogP contribution in [0, 0.1) is 6.92 Å². The molecule has 1 aromatic rings. The summed E-state index contributed by atoms with van der Waals surface area (Å²) in [5.41, 5.74) is 2.04. The van der Waals surface area contributed by atoms with Crippen LogP contribution in [-0.2, 0) is 5.75 Å². The molecule has 0 aliphatic heterocycles. The molecular formula is C7H7Cl2NS. The molecule has 0 radical (unpaired) electrons. The maximum absolute atomic E-state index is 5.72. The number of pyridine rings is 1. The average molecular weight is 208 g/mol. The molecule has 1 aromatic heterocycles. The predicted octanol–water partition coefficient (Wildman–Crippen LogP) is 3.43. The van der Waals surface area contributed by atoms with Gasteiger partial charge in [0.05, 0.1) is 0 Å². The molecule has 0 bridgehead atoms. The van der Waals surface area contributed by atoms with Crippen LogP contribution in [0.1, 0.15) is 11.3 Å². The molecule has 60 valence electrons. The minimum Gasteiger partial charge on any atom is -0.241 e. The fourth-order valence-electron chi connectivity index (χ4n) is 0.842. The molecule has 0 aromatic carbocycles. The van der Waals surface area contributed by atoms with Crippen LogP contribution in [-0.4, -0.2) is 4.98 Å². The quantitative estimate of drug-likeness (QED) is 0.690. The van der Waals surface area contributed by atoms with Gasteiger partial charge in [0.15, 0.2) is 0 Å². The molecule has 0 aliphatic carbocycles. The van der Waals surface area contributed by atoms with Crippen LogP contribution < -0.4 is 0 Å². The largest absolute Gasteiger partial charge is 0.241 e. The SMILES string of the molecule is Cc1cc(CSCl)cc(Cl)n1. The van der Waals surface area contributed by atoms with E-state index < -0.39 is 0 Å². The maximum atomic E-state index is 5.72. The van der Waals surface area contributed by atoms with Crippen LogP contribution in [0.2, 0.25) is 5.15 Å². The van der Waals surface area contributed by atoms with Gasteiger partial charge in [0.25, 0.3) is 0 Å². The fraction of sp³-hybridized carbons (Fsp3) is 0.286. The minimum atomic E-state index is 0.533. The second-order valence-electron chi connectivity index (χ2n) is 2.19. The van der Waals surface area contributed by atoms with Crippen LogP contribution >= 0.6 is 33.3 Å². The Morgan fingerprint density at radius 3 is 2.82 bits per heavy atom. The number of halogens is 2. The first-order valence-electron chi connectivity index (χ1n) is 3.09. The maximum Gasteiger partial charge on any atom is 0.129 e. The Labute approximate surface area is 79.6 Å². The number of aryl methyl sites for hydroxylation is 1. The summed E-state index contributed by atoms with van der Waals surface area (Å²) in [4.78, 5) is 4.03. The van der Waals surface area contributed by atoms with E-state index in [2.05, 4.69) is 4.98 Å². The standard InChI is InChI=1S/C7H7Cl2NS/c1-5-2-6(4-11-9)3-7(8)10-5/h2-3H,4H2,1H3. The lowest BCUT2D eigenvalue weighted by atomic mass is 10.2. The highest BCUT2D eigenvalue weighted by molar-refractivity contribution is 8.20. The number of nitrogens with zero attached hydrogens (tertiary/aromatic N) is 1. The molecule has 0 saturated heterocycles. The van der Waals surface area contributed by atoms with Crippen LogP contribution in [0.25, 0.3) is 0 Å². The van der Waals surface area contributed by atoms with Crippen molar-refractivity contribution in [1.29, 1.82) is 0 Å². The van der Waals surface area contributed by atoms with Crippen molar-refractivity contribution in [2.75, 3.05) is 0 Å². The van der Waals surface area contributed by atoms with E-state index in [1.807, 2.05) is 19.1 Å². The van der Waals surface area contributed by atoms with Gasteiger partial charge in [0, 0.05) is 11.4 Å². The first kappa shape index (κ1) is 9.17. The molecule has 11 heavy (non-hydrogen) atoms. The minimum absolute atomic E-state index is 0.533. The molecule has 1 rings (SSSR count). The van der Waals surface area contributed by atoms with E-state index in [0.29, 0.717) is 5.15 Å². The Morgan fingerprint density at radius 1 is 1.55 bits per heavy atom. The summed E-state index contributed by atoms with van der Waals surface area (Å²) in [5.74, 6) is 0.768. The summed E-state index contributed by atoms with van der Waals surface area (Å²) in [6.45, 7) is 1.91. The second kappa shape index (κ2) is 4.19. The van der Waals surface area contributed by atoms with Crippen LogP contribution in [0.3, 0.4) is 0 Å². The van der Waals surface area contributed by atoms with Gasteiger partial charge >= 0.3 is 0 Å². The summed E-state index contributed by atoms with van der Waals surface area (Å²) in [6, 6.07) is 3.80. The van der Waals surface area contributed by atoms with Crippen molar-refractivity contribution < 1.29 is 0 Å². The van der Waals surface area contributed by atoms with Gasteiger partial charge in [-0.3, -0.25) is 0 Å². The Balaban J connectivity index is 2.89. The zero-order chi connectivity index (χ0) is 8.27. The lowest BCUT2D eigenvalue weighted by Crippen LogP contribution is -1.85. The topological polar surface area (TPSA) is 12.9 Å². The molecule has 0 saturated carbocycles. The van der Waals surface area contributed by atoms with Crippen molar-refractivity contribution in [3.8, 4) is 0 Å². The number of rotatable bonds is 2. The fourth-order valence-corrected chi connectivity index (χ4v) is 1.79. The highest BCUT2D eigenvalue weighted by Gasteiger charge is 1.96. The van der Waals surface area contributed by atoms with E-state index in [1.165, 1.54) is 11.0 Å². The predicted molar refractivity (Wildman–Crippen MR) is 51.1 cm³/mol. The summed E-state index contributed by atoms with van der Waals surface area (Å²) < 4.78 is 0. The van der Waals surface area contributed by atoms with Gasteiger partial charge in [-0.25, -0.2) is 4.98 Å². The monoisotopic (exact) mass is 207 g/mol. The molecule has 1 nitrogen and oxygen atoms in total. The van der Waals surface area contributed by atoms with Gasteiger partial charge in [0.1, 0.15) is 5.15 Å². The van der Waals surface area contributed by atoms with E-state index in [-0.39, 0.29) is 0 Å². The van der Waals surface area contributed by atoms with E-state index in [4.69, 9.17) is 22.3 Å². The van der Waals surface area contributed by atoms with Gasteiger partial charge in [-0.1, -0.05) is 22.6 Å². The summed E-state index contributed by atoms with van der Waals surface area (Å²) in [6.07, 6.45) is 0. The van der Waals surface area contributed by atoms with Gasteiger partial charge < -0.3 is 0 Å². The molecule has 0 N–H and O–H groups in total. The molecule has 0 fully saturated rings. The van der Waals surface area contributed by atoms with Crippen molar-refractivity contribution in [3.05, 3.63) is 28.5 Å². The normalized spacial score (nSPS) is 10.1. The number of aromatic nitrogens is 1. The smallest absolute Gasteiger partial charge is 0.129 e. The van der Waals surface area contributed by atoms with Gasteiger partial charge in [-0.05, 0) is 35.3 Å². The molecule has 1 heterocycles. The Hall–Kier alpha value is 0.0800. The Bertz CT molecular complexity index is 232. The Kier molecular flexibility index (Phi) is 3.49. The molecule has 0 atom stereocenters. The third-order valence-corrected chi connectivity index (χ3v) is 2.17. The van der Waals surface area contributed by atoms with E-state index in [0.717, 1.165) is 17.0 Å². The van der Waals surface area contributed by atoms with Crippen LogP contribution in [0.5, 0.6) is 0 Å². The molecule has 0 unspecified atom stereocenters. The van der Waals surface area contributed by atoms with Crippen molar-refractivity contribution in [2.24, 2.45) is 0 Å². The first-order chi connectivity index (χ1) is 5.22. The summed E-state index contributed by atoms with van der Waals surface area (Å²) in [5, 5.41) is 0.533. The van der Waals surface area contributed by atoms with Crippen molar-refractivity contribution in [3.63, 3.8) is 0 Å². The molecule has 0 aliphatic rings. The van der Waals surface area contributed by atoms with Gasteiger partial charge in [-0.15, -0.1) is 0 Å². The summed E-state index contributed by atoms with van der Waals surface area (Å²) >= 11 is 5.72. The highest BCUT2D eigenvalue weighted by Crippen LogP contribution is 2.18. The highest BCUT2D eigenvalue weighted by atomic mass is 35.7. The first-order valence-corrected chi connectivity index (χ1v) is 5.28. The third-order valence-electron chi connectivity index (χ3n) is 1.20. The average Bonchev–Trinajstić information content (AvgIpc) is 1.85. The van der Waals surface area contributed by atoms with E-state index in [9.17, 15) is 0 Å². The van der Waals surface area contributed by atoms with E-state index >= 15 is 0 Å². The van der Waals surface area contributed by atoms with Crippen LogP contribution in [0.4, 0.5) is 0 Å². The second-order valence-corrected chi connectivity index (χ2v) is 3.74. The Morgan fingerprint density at radius 2 is 2.27 bits per heavy atom. The van der Waals surface area contributed by atoms with Crippen molar-refractivity contribution >= 4 is 33.3 Å².